The number of carbonyl (C=O) groups is 2. The lowest BCUT2D eigenvalue weighted by Gasteiger charge is -2.20. The molecule has 1 atom stereocenters. The summed E-state index contributed by atoms with van der Waals surface area (Å²) >= 11 is 6.16. The molecular formula is C23H20ClN7O2. The Morgan fingerprint density at radius 2 is 2.12 bits per heavy atom. The van der Waals surface area contributed by atoms with Gasteiger partial charge in [0.25, 0.3) is 5.91 Å². The van der Waals surface area contributed by atoms with Crippen LogP contribution >= 0.6 is 11.6 Å². The molecule has 1 aromatic carbocycles. The van der Waals surface area contributed by atoms with E-state index in [2.05, 4.69) is 32.4 Å². The van der Waals surface area contributed by atoms with Crippen LogP contribution in [0.4, 0.5) is 16.3 Å². The molecule has 1 saturated heterocycles. The summed E-state index contributed by atoms with van der Waals surface area (Å²) in [5.41, 5.74) is 3.49. The van der Waals surface area contributed by atoms with Crippen molar-refractivity contribution in [3.05, 3.63) is 63.9 Å². The molecule has 1 aliphatic heterocycles. The predicted molar refractivity (Wildman–Crippen MR) is 125 cm³/mol. The lowest BCUT2D eigenvalue weighted by molar-refractivity contribution is -0.115. The molecule has 9 nitrogen and oxygen atoms in total. The normalized spacial score (nSPS) is 17.5. The molecule has 0 bridgehead atoms. The zero-order valence-electron chi connectivity index (χ0n) is 17.6. The summed E-state index contributed by atoms with van der Waals surface area (Å²) < 4.78 is 1.66. The van der Waals surface area contributed by atoms with Crippen molar-refractivity contribution in [2.45, 2.75) is 31.8 Å². The molecular weight excluding hydrogens is 442 g/mol. The molecule has 4 N–H and O–H groups in total. The number of aromatic nitrogens is 2. The van der Waals surface area contributed by atoms with Crippen molar-refractivity contribution in [3.63, 3.8) is 0 Å². The fraction of sp³-hybridized carbons (Fsp3) is 0.217. The van der Waals surface area contributed by atoms with Crippen LogP contribution in [-0.2, 0) is 4.79 Å². The predicted octanol–water partition coefficient (Wildman–Crippen LogP) is 3.79. The molecule has 10 heteroatoms. The van der Waals surface area contributed by atoms with Gasteiger partial charge in [0, 0.05) is 22.7 Å². The summed E-state index contributed by atoms with van der Waals surface area (Å²) in [5, 5.41) is 26.6. The molecule has 3 aromatic rings. The summed E-state index contributed by atoms with van der Waals surface area (Å²) in [6.45, 7) is 1.99. The van der Waals surface area contributed by atoms with Gasteiger partial charge in [-0.25, -0.2) is 9.31 Å². The molecule has 166 valence electrons. The van der Waals surface area contributed by atoms with Gasteiger partial charge in [0.2, 0.25) is 0 Å². The summed E-state index contributed by atoms with van der Waals surface area (Å²) in [7, 11) is 0. The minimum Gasteiger partial charge on any atom is -0.377 e. The zero-order valence-corrected chi connectivity index (χ0v) is 18.4. The molecule has 33 heavy (non-hydrogen) atoms. The number of rotatable bonds is 6. The highest BCUT2D eigenvalue weighted by molar-refractivity contribution is 6.30. The van der Waals surface area contributed by atoms with Crippen LogP contribution in [0.25, 0.3) is 11.6 Å². The van der Waals surface area contributed by atoms with Crippen LogP contribution in [0.15, 0.2) is 42.2 Å². The first-order valence-corrected chi connectivity index (χ1v) is 10.9. The maximum atomic E-state index is 12.0. The van der Waals surface area contributed by atoms with E-state index in [0.717, 1.165) is 18.4 Å². The quantitative estimate of drug-likeness (QED) is 0.327. The SMILES string of the molecule is CC(Nc1cc2c(/C=C3\NC(=O)NC3=O)cnn2c(NC2CC2)c1C#N)c1cccc(Cl)c1. The van der Waals surface area contributed by atoms with Gasteiger partial charge in [0.05, 0.1) is 17.4 Å². The fourth-order valence-corrected chi connectivity index (χ4v) is 3.96. The first-order valence-electron chi connectivity index (χ1n) is 10.5. The molecule has 1 aliphatic carbocycles. The number of fused-ring (bicyclic) bond motifs is 1. The number of carbonyl (C=O) groups excluding carboxylic acids is 2. The van der Waals surface area contributed by atoms with Crippen LogP contribution in [0.2, 0.25) is 5.02 Å². The van der Waals surface area contributed by atoms with Gasteiger partial charge < -0.3 is 16.0 Å². The van der Waals surface area contributed by atoms with E-state index in [1.807, 2.05) is 37.3 Å². The van der Waals surface area contributed by atoms with Gasteiger partial charge in [-0.2, -0.15) is 10.4 Å². The fourth-order valence-electron chi connectivity index (χ4n) is 3.76. The molecule has 2 fully saturated rings. The Bertz CT molecular complexity index is 1370. The van der Waals surface area contributed by atoms with Crippen molar-refractivity contribution in [1.29, 1.82) is 5.26 Å². The van der Waals surface area contributed by atoms with Crippen molar-refractivity contribution in [2.75, 3.05) is 10.6 Å². The van der Waals surface area contributed by atoms with Crippen molar-refractivity contribution in [2.24, 2.45) is 0 Å². The van der Waals surface area contributed by atoms with Gasteiger partial charge in [-0.3, -0.25) is 10.1 Å². The third kappa shape index (κ3) is 4.08. The number of amides is 3. The first-order chi connectivity index (χ1) is 15.9. The number of halogens is 1. The van der Waals surface area contributed by atoms with Crippen LogP contribution in [0.5, 0.6) is 0 Å². The van der Waals surface area contributed by atoms with Gasteiger partial charge in [-0.15, -0.1) is 0 Å². The van der Waals surface area contributed by atoms with E-state index >= 15 is 0 Å². The van der Waals surface area contributed by atoms with Gasteiger partial charge >= 0.3 is 6.03 Å². The lowest BCUT2D eigenvalue weighted by Crippen LogP contribution is -2.22. The molecule has 3 heterocycles. The van der Waals surface area contributed by atoms with E-state index in [1.165, 1.54) is 0 Å². The Balaban J connectivity index is 1.61. The van der Waals surface area contributed by atoms with Crippen LogP contribution in [0, 0.1) is 11.3 Å². The van der Waals surface area contributed by atoms with Crippen LogP contribution < -0.4 is 21.3 Å². The van der Waals surface area contributed by atoms with E-state index < -0.39 is 11.9 Å². The topological polar surface area (TPSA) is 123 Å². The number of nitrogens with zero attached hydrogens (tertiary/aromatic N) is 3. The molecule has 1 unspecified atom stereocenters. The second-order valence-electron chi connectivity index (χ2n) is 8.10. The van der Waals surface area contributed by atoms with Crippen molar-refractivity contribution in [1.82, 2.24) is 20.2 Å². The van der Waals surface area contributed by atoms with Crippen molar-refractivity contribution in [3.8, 4) is 6.07 Å². The largest absolute Gasteiger partial charge is 0.377 e. The summed E-state index contributed by atoms with van der Waals surface area (Å²) in [6.07, 6.45) is 5.21. The lowest BCUT2D eigenvalue weighted by atomic mass is 10.1. The Kier molecular flexibility index (Phi) is 5.15. The highest BCUT2D eigenvalue weighted by Gasteiger charge is 2.27. The number of benzene rings is 1. The Labute approximate surface area is 194 Å². The van der Waals surface area contributed by atoms with Crippen molar-refractivity contribution >= 4 is 46.6 Å². The molecule has 3 amide bonds. The number of anilines is 2. The molecule has 5 rings (SSSR count). The van der Waals surface area contributed by atoms with Crippen LogP contribution in [-0.4, -0.2) is 27.6 Å². The maximum absolute atomic E-state index is 12.0. The average molecular weight is 462 g/mol. The Morgan fingerprint density at radius 3 is 2.79 bits per heavy atom. The second kappa shape index (κ2) is 8.15. The second-order valence-corrected chi connectivity index (χ2v) is 8.53. The molecule has 0 spiro atoms. The van der Waals surface area contributed by atoms with E-state index in [9.17, 15) is 14.9 Å². The number of nitrogens with one attached hydrogen (secondary N) is 4. The van der Waals surface area contributed by atoms with Gasteiger partial charge in [0.15, 0.2) is 0 Å². The average Bonchev–Trinajstić information content (AvgIpc) is 3.43. The smallest absolute Gasteiger partial charge is 0.326 e. The molecule has 2 aromatic heterocycles. The first kappa shape index (κ1) is 20.8. The number of imide groups is 1. The summed E-state index contributed by atoms with van der Waals surface area (Å²) in [6, 6.07) is 11.3. The highest BCUT2D eigenvalue weighted by Crippen LogP contribution is 2.34. The number of hydrogen-bond donors (Lipinski definition) is 4. The number of pyridine rings is 1. The van der Waals surface area contributed by atoms with Crippen molar-refractivity contribution < 1.29 is 9.59 Å². The zero-order chi connectivity index (χ0) is 23.1. The van der Waals surface area contributed by atoms with E-state index in [1.54, 1.807) is 16.8 Å². The van der Waals surface area contributed by atoms with E-state index in [4.69, 9.17) is 11.6 Å². The van der Waals surface area contributed by atoms with Crippen LogP contribution in [0.1, 0.15) is 42.5 Å². The number of urea groups is 1. The minimum absolute atomic E-state index is 0.128. The Hall–Kier alpha value is -4.03. The van der Waals surface area contributed by atoms with Gasteiger partial charge in [-0.1, -0.05) is 23.7 Å². The minimum atomic E-state index is -0.566. The van der Waals surface area contributed by atoms with Gasteiger partial charge in [0.1, 0.15) is 23.1 Å². The Morgan fingerprint density at radius 1 is 1.30 bits per heavy atom. The molecule has 0 radical (unpaired) electrons. The number of nitriles is 1. The third-order valence-electron chi connectivity index (χ3n) is 5.61. The third-order valence-corrected chi connectivity index (χ3v) is 5.84. The van der Waals surface area contributed by atoms with Crippen LogP contribution in [0.3, 0.4) is 0 Å². The maximum Gasteiger partial charge on any atom is 0.326 e. The van der Waals surface area contributed by atoms with E-state index in [0.29, 0.717) is 33.2 Å². The molecule has 2 aliphatic rings. The standard InChI is InChI=1S/C23H20ClN7O2/c1-12(13-3-2-4-15(24)7-13)27-18-9-20-14(8-19-22(32)30-23(33)29-19)11-26-31(20)21(17(18)10-25)28-16-5-6-16/h2-4,7-9,11-12,16,27-28H,5-6H2,1H3,(H2,29,30,32,33)/b19-8-. The summed E-state index contributed by atoms with van der Waals surface area (Å²) in [5.74, 6) is 0.0834. The summed E-state index contributed by atoms with van der Waals surface area (Å²) in [4.78, 5) is 23.5. The molecule has 1 saturated carbocycles. The highest BCUT2D eigenvalue weighted by atomic mass is 35.5. The monoisotopic (exact) mass is 461 g/mol. The van der Waals surface area contributed by atoms with Gasteiger partial charge in [-0.05, 0) is 49.6 Å². The van der Waals surface area contributed by atoms with E-state index in [-0.39, 0.29) is 17.8 Å². The number of hydrogen-bond acceptors (Lipinski definition) is 6.